The molecule has 0 saturated carbocycles. The van der Waals surface area contributed by atoms with Crippen LogP contribution in [0.2, 0.25) is 5.02 Å². The lowest BCUT2D eigenvalue weighted by molar-refractivity contribution is -0.117. The minimum absolute atomic E-state index is 0.0630. The molecule has 0 radical (unpaired) electrons. The number of hydrogen-bond donors (Lipinski definition) is 0. The minimum Gasteiger partial charge on any atom is -0.315 e. The third-order valence-electron chi connectivity index (χ3n) is 4.45. The van der Waals surface area contributed by atoms with E-state index in [0.29, 0.717) is 21.1 Å². The van der Waals surface area contributed by atoms with Crippen LogP contribution >= 0.6 is 23.4 Å². The average molecular weight is 416 g/mol. The van der Waals surface area contributed by atoms with E-state index < -0.39 is 5.25 Å². The number of aromatic nitrogens is 2. The highest BCUT2D eigenvalue weighted by Crippen LogP contribution is 2.27. The summed E-state index contributed by atoms with van der Waals surface area (Å²) < 4.78 is 1.63. The lowest BCUT2D eigenvalue weighted by Gasteiger charge is -2.23. The van der Waals surface area contributed by atoms with E-state index in [-0.39, 0.29) is 17.5 Å². The molecule has 0 unspecified atom stereocenters. The van der Waals surface area contributed by atoms with E-state index in [4.69, 9.17) is 11.6 Å². The molecule has 146 valence electrons. The van der Waals surface area contributed by atoms with E-state index in [2.05, 4.69) is 4.98 Å². The highest BCUT2D eigenvalue weighted by atomic mass is 35.5. The third kappa shape index (κ3) is 4.08. The molecular weight excluding hydrogens is 394 g/mol. The van der Waals surface area contributed by atoms with E-state index in [0.717, 1.165) is 5.69 Å². The minimum atomic E-state index is -0.418. The van der Waals surface area contributed by atoms with E-state index in [1.165, 1.54) is 11.8 Å². The topological polar surface area (TPSA) is 55.2 Å². The summed E-state index contributed by atoms with van der Waals surface area (Å²) in [6.45, 7) is 5.68. The fraction of sp³-hybridized carbons (Fsp3) is 0.286. The van der Waals surface area contributed by atoms with Crippen LogP contribution in [0.4, 0.5) is 5.69 Å². The van der Waals surface area contributed by atoms with Crippen molar-refractivity contribution in [2.45, 2.75) is 37.2 Å². The molecule has 0 N–H and O–H groups in total. The number of anilines is 1. The number of thioether (sulfide) groups is 1. The van der Waals surface area contributed by atoms with Gasteiger partial charge in [-0.1, -0.05) is 41.6 Å². The van der Waals surface area contributed by atoms with Gasteiger partial charge < -0.3 is 4.90 Å². The van der Waals surface area contributed by atoms with Crippen molar-refractivity contribution in [3.05, 3.63) is 63.9 Å². The number of para-hydroxylation sites is 1. The maximum atomic E-state index is 13.0. The second kappa shape index (κ2) is 8.37. The Balaban J connectivity index is 1.97. The van der Waals surface area contributed by atoms with Crippen LogP contribution in [0, 0.1) is 0 Å². The summed E-state index contributed by atoms with van der Waals surface area (Å²) in [7, 11) is 1.75. The SMILES string of the molecule is CC(C)n1c(S[C@H](C)C(=O)N(C)c2ccccc2)nc2cc(Cl)ccc2c1=O. The van der Waals surface area contributed by atoms with Crippen LogP contribution in [0.3, 0.4) is 0 Å². The molecule has 3 aromatic rings. The number of rotatable bonds is 5. The molecule has 1 aromatic heterocycles. The van der Waals surface area contributed by atoms with Gasteiger partial charge in [0.05, 0.1) is 16.2 Å². The molecule has 2 aromatic carbocycles. The van der Waals surface area contributed by atoms with Crippen LogP contribution in [0.25, 0.3) is 10.9 Å². The molecule has 0 fully saturated rings. The zero-order valence-electron chi connectivity index (χ0n) is 16.2. The lowest BCUT2D eigenvalue weighted by Crippen LogP contribution is -2.34. The summed E-state index contributed by atoms with van der Waals surface area (Å²) in [6, 6.07) is 14.4. The van der Waals surface area contributed by atoms with Gasteiger partial charge in [-0.25, -0.2) is 4.98 Å². The first-order chi connectivity index (χ1) is 13.3. The standard InChI is InChI=1S/C21H22ClN3O2S/c1-13(2)25-20(27)17-11-10-15(22)12-18(17)23-21(25)28-14(3)19(26)24(4)16-8-6-5-7-9-16/h5-14H,1-4H3/t14-/m1/s1. The number of benzene rings is 2. The molecule has 0 saturated heterocycles. The molecule has 5 nitrogen and oxygen atoms in total. The van der Waals surface area contributed by atoms with Crippen LogP contribution < -0.4 is 10.5 Å². The van der Waals surface area contributed by atoms with Gasteiger partial charge in [-0.3, -0.25) is 14.2 Å². The number of halogens is 1. The van der Waals surface area contributed by atoms with E-state index in [9.17, 15) is 9.59 Å². The maximum Gasteiger partial charge on any atom is 0.262 e. The van der Waals surface area contributed by atoms with Gasteiger partial charge in [-0.15, -0.1) is 0 Å². The number of amides is 1. The van der Waals surface area contributed by atoms with Gasteiger partial charge in [-0.05, 0) is 51.1 Å². The molecule has 1 atom stereocenters. The van der Waals surface area contributed by atoms with Crippen molar-refractivity contribution in [1.82, 2.24) is 9.55 Å². The Kier molecular flexibility index (Phi) is 6.10. The summed E-state index contributed by atoms with van der Waals surface area (Å²) in [6.07, 6.45) is 0. The molecule has 3 rings (SSSR count). The Hall–Kier alpha value is -2.31. The van der Waals surface area contributed by atoms with Gasteiger partial charge in [0.1, 0.15) is 0 Å². The molecule has 1 amide bonds. The molecule has 7 heteroatoms. The number of nitrogens with zero attached hydrogens (tertiary/aromatic N) is 3. The molecule has 0 bridgehead atoms. The van der Waals surface area contributed by atoms with Gasteiger partial charge in [0.25, 0.3) is 5.56 Å². The van der Waals surface area contributed by atoms with Crippen LogP contribution in [-0.2, 0) is 4.79 Å². The quantitative estimate of drug-likeness (QED) is 0.444. The molecule has 0 aliphatic carbocycles. The Bertz CT molecular complexity index is 1070. The summed E-state index contributed by atoms with van der Waals surface area (Å²) in [4.78, 5) is 32.1. The fourth-order valence-electron chi connectivity index (χ4n) is 2.95. The normalized spacial score (nSPS) is 12.4. The zero-order valence-corrected chi connectivity index (χ0v) is 17.8. The average Bonchev–Trinajstić information content (AvgIpc) is 2.66. The van der Waals surface area contributed by atoms with E-state index in [1.807, 2.05) is 51.1 Å². The van der Waals surface area contributed by atoms with Gasteiger partial charge in [0, 0.05) is 23.8 Å². The highest BCUT2D eigenvalue weighted by Gasteiger charge is 2.23. The zero-order chi connectivity index (χ0) is 20.4. The number of carbonyl (C=O) groups is 1. The maximum absolute atomic E-state index is 13.0. The van der Waals surface area contributed by atoms with Crippen molar-refractivity contribution in [2.24, 2.45) is 0 Å². The molecule has 0 aliphatic rings. The van der Waals surface area contributed by atoms with Gasteiger partial charge in [-0.2, -0.15) is 0 Å². The summed E-state index contributed by atoms with van der Waals surface area (Å²) >= 11 is 7.36. The van der Waals surface area contributed by atoms with Crippen LogP contribution in [0.1, 0.15) is 26.8 Å². The predicted molar refractivity (Wildman–Crippen MR) is 117 cm³/mol. The number of fused-ring (bicyclic) bond motifs is 1. The van der Waals surface area contributed by atoms with Crippen molar-refractivity contribution >= 4 is 45.9 Å². The first-order valence-corrected chi connectivity index (χ1v) is 10.3. The first-order valence-electron chi connectivity index (χ1n) is 9.00. The van der Waals surface area contributed by atoms with Crippen molar-refractivity contribution in [3.8, 4) is 0 Å². The summed E-state index contributed by atoms with van der Waals surface area (Å²) in [5.74, 6) is -0.0630. The van der Waals surface area contributed by atoms with E-state index in [1.54, 1.807) is 34.7 Å². The van der Waals surface area contributed by atoms with Crippen molar-refractivity contribution in [3.63, 3.8) is 0 Å². The smallest absolute Gasteiger partial charge is 0.262 e. The predicted octanol–water partition coefficient (Wildman–Crippen LogP) is 4.77. The van der Waals surface area contributed by atoms with Crippen molar-refractivity contribution in [2.75, 3.05) is 11.9 Å². The number of carbonyl (C=O) groups excluding carboxylic acids is 1. The van der Waals surface area contributed by atoms with Gasteiger partial charge >= 0.3 is 0 Å². The monoisotopic (exact) mass is 415 g/mol. The highest BCUT2D eigenvalue weighted by molar-refractivity contribution is 8.00. The van der Waals surface area contributed by atoms with Crippen LogP contribution in [0.15, 0.2) is 58.5 Å². The van der Waals surface area contributed by atoms with Gasteiger partial charge in [0.2, 0.25) is 5.91 Å². The second-order valence-corrected chi connectivity index (χ2v) is 8.56. The summed E-state index contributed by atoms with van der Waals surface area (Å²) in [5, 5.41) is 1.13. The Morgan fingerprint density at radius 1 is 1.14 bits per heavy atom. The second-order valence-electron chi connectivity index (χ2n) is 6.82. The molecule has 1 heterocycles. The van der Waals surface area contributed by atoms with Crippen molar-refractivity contribution in [1.29, 1.82) is 0 Å². The molecule has 28 heavy (non-hydrogen) atoms. The fourth-order valence-corrected chi connectivity index (χ4v) is 4.25. The Labute approximate surface area is 173 Å². The first kappa shape index (κ1) is 20.4. The molecular formula is C21H22ClN3O2S. The Morgan fingerprint density at radius 3 is 2.46 bits per heavy atom. The van der Waals surface area contributed by atoms with Crippen LogP contribution in [-0.4, -0.2) is 27.8 Å². The van der Waals surface area contributed by atoms with Crippen molar-refractivity contribution < 1.29 is 4.79 Å². The lowest BCUT2D eigenvalue weighted by atomic mass is 10.2. The Morgan fingerprint density at radius 2 is 1.82 bits per heavy atom. The molecule has 0 aliphatic heterocycles. The largest absolute Gasteiger partial charge is 0.315 e. The molecule has 0 spiro atoms. The van der Waals surface area contributed by atoms with Gasteiger partial charge in [0.15, 0.2) is 5.16 Å². The number of hydrogen-bond acceptors (Lipinski definition) is 4. The summed E-state index contributed by atoms with van der Waals surface area (Å²) in [5.41, 5.74) is 1.22. The van der Waals surface area contributed by atoms with E-state index >= 15 is 0 Å². The van der Waals surface area contributed by atoms with Crippen LogP contribution in [0.5, 0.6) is 0 Å². The third-order valence-corrected chi connectivity index (χ3v) is 5.74.